The van der Waals surface area contributed by atoms with E-state index >= 15 is 0 Å². The lowest BCUT2D eigenvalue weighted by Gasteiger charge is -2.15. The van der Waals surface area contributed by atoms with Gasteiger partial charge in [-0.1, -0.05) is 0 Å². The van der Waals surface area contributed by atoms with E-state index in [-0.39, 0.29) is 0 Å². The van der Waals surface area contributed by atoms with E-state index in [0.717, 1.165) is 0 Å². The summed E-state index contributed by atoms with van der Waals surface area (Å²) in [5.74, 6) is -4.96. The summed E-state index contributed by atoms with van der Waals surface area (Å²) >= 11 is 0. The molecule has 0 aromatic heterocycles. The van der Waals surface area contributed by atoms with Crippen molar-refractivity contribution in [2.75, 3.05) is 6.30 Å². The zero-order valence-electron chi connectivity index (χ0n) is 4.60. The first-order chi connectivity index (χ1) is 3.81. The molecule has 0 saturated carbocycles. The Morgan fingerprint density at radius 3 is 1.67 bits per heavy atom. The van der Waals surface area contributed by atoms with Crippen molar-refractivity contribution in [3.05, 3.63) is 0 Å². The van der Waals surface area contributed by atoms with Crippen molar-refractivity contribution in [2.45, 2.75) is 12.3 Å². The predicted molar refractivity (Wildman–Crippen MR) is 24.8 cm³/mol. The number of hydrogen-bond donors (Lipinski definition) is 0. The summed E-state index contributed by atoms with van der Waals surface area (Å²) in [6.07, 6.45) is -1.89. The summed E-state index contributed by atoms with van der Waals surface area (Å²) in [6.45, 7) is 0.299. The van der Waals surface area contributed by atoms with E-state index in [1.165, 1.54) is 0 Å². The maximum absolute atomic E-state index is 12.0. The monoisotopic (exact) mass is 164 g/mol. The first kappa shape index (κ1) is 8.87. The van der Waals surface area contributed by atoms with Gasteiger partial charge in [0.2, 0.25) is 0 Å². The van der Waals surface area contributed by atoms with Gasteiger partial charge in [0.25, 0.3) is 0 Å². The molecule has 0 nitrogen and oxygen atoms in total. The lowest BCUT2D eigenvalue weighted by atomic mass is 11.5. The second-order valence-corrected chi connectivity index (χ2v) is 5.06. The number of hydrogen-bond acceptors (Lipinski definition) is 0. The van der Waals surface area contributed by atoms with Gasteiger partial charge in [-0.15, -0.1) is 0 Å². The van der Waals surface area contributed by atoms with Crippen LogP contribution in [-0.4, -0.2) is 20.5 Å². The summed E-state index contributed by atoms with van der Waals surface area (Å²) < 4.78 is 57.0. The van der Waals surface area contributed by atoms with Crippen molar-refractivity contribution in [3.63, 3.8) is 0 Å². The summed E-state index contributed by atoms with van der Waals surface area (Å²) in [7, 11) is -5.05. The fourth-order valence-corrected chi connectivity index (χ4v) is 0.227. The van der Waals surface area contributed by atoms with Crippen molar-refractivity contribution in [2.24, 2.45) is 0 Å². The molecule has 0 N–H and O–H groups in total. The highest BCUT2D eigenvalue weighted by molar-refractivity contribution is 6.73. The zero-order chi connectivity index (χ0) is 7.71. The Kier molecular flexibility index (Phi) is 2.21. The van der Waals surface area contributed by atoms with Gasteiger partial charge in [0.1, 0.15) is 6.30 Å². The van der Waals surface area contributed by atoms with Crippen LogP contribution in [0, 0.1) is 0 Å². The molecule has 1 atom stereocenters. The van der Waals surface area contributed by atoms with Crippen LogP contribution in [0.2, 0.25) is 6.55 Å². The van der Waals surface area contributed by atoms with Crippen LogP contribution in [0.25, 0.3) is 0 Å². The standard InChI is InChI=1S/C3H5F5Si/c1-9(8,2-4)3(5,6)7/h2H2,1H3. The highest BCUT2D eigenvalue weighted by atomic mass is 28.4. The Hall–Kier alpha value is -0.133. The highest BCUT2D eigenvalue weighted by Gasteiger charge is 2.56. The van der Waals surface area contributed by atoms with Crippen LogP contribution in [0.5, 0.6) is 0 Å². The van der Waals surface area contributed by atoms with Crippen molar-refractivity contribution in [3.8, 4) is 0 Å². The van der Waals surface area contributed by atoms with Gasteiger partial charge in [0.05, 0.1) is 0 Å². The van der Waals surface area contributed by atoms with E-state index < -0.39 is 20.5 Å². The van der Waals surface area contributed by atoms with E-state index in [1.54, 1.807) is 0 Å². The Morgan fingerprint density at radius 1 is 1.33 bits per heavy atom. The largest absolute Gasteiger partial charge is 0.396 e. The summed E-state index contributed by atoms with van der Waals surface area (Å²) in [5.41, 5.74) is 0. The molecule has 0 fully saturated rings. The molecule has 0 bridgehead atoms. The molecule has 0 aromatic rings. The molecule has 0 heterocycles. The molecule has 9 heavy (non-hydrogen) atoms. The molecule has 0 rings (SSSR count). The molecule has 56 valence electrons. The maximum atomic E-state index is 12.0. The van der Waals surface area contributed by atoms with Crippen LogP contribution in [-0.2, 0) is 0 Å². The second-order valence-electron chi connectivity index (χ2n) is 1.83. The smallest absolute Gasteiger partial charge is 0.300 e. The molecule has 0 saturated heterocycles. The van der Waals surface area contributed by atoms with Crippen LogP contribution in [0.4, 0.5) is 21.7 Å². The minimum absolute atomic E-state index is 0.299. The molecule has 0 amide bonds. The minimum Gasteiger partial charge on any atom is -0.300 e. The van der Waals surface area contributed by atoms with Crippen LogP contribution in [0.15, 0.2) is 0 Å². The molecular formula is C3H5F5Si. The maximum Gasteiger partial charge on any atom is 0.396 e. The summed E-state index contributed by atoms with van der Waals surface area (Å²) in [5, 5.41) is 0. The molecule has 0 aromatic carbocycles. The quantitative estimate of drug-likeness (QED) is 0.316. The summed E-state index contributed by atoms with van der Waals surface area (Å²) in [6, 6.07) is 0. The van der Waals surface area contributed by atoms with Crippen LogP contribution in [0.3, 0.4) is 0 Å². The van der Waals surface area contributed by atoms with E-state index in [2.05, 4.69) is 0 Å². The van der Waals surface area contributed by atoms with E-state index in [9.17, 15) is 21.7 Å². The van der Waals surface area contributed by atoms with Gasteiger partial charge in [0.15, 0.2) is 0 Å². The van der Waals surface area contributed by atoms with Crippen molar-refractivity contribution >= 4 is 8.41 Å². The van der Waals surface area contributed by atoms with Crippen LogP contribution < -0.4 is 0 Å². The first-order valence-electron chi connectivity index (χ1n) is 2.13. The third-order valence-electron chi connectivity index (χ3n) is 0.842. The van der Waals surface area contributed by atoms with Gasteiger partial charge in [-0.2, -0.15) is 13.2 Å². The molecular weight excluding hydrogens is 159 g/mol. The Balaban J connectivity index is 4.14. The average molecular weight is 164 g/mol. The van der Waals surface area contributed by atoms with Gasteiger partial charge >= 0.3 is 14.2 Å². The second kappa shape index (κ2) is 2.24. The molecule has 0 spiro atoms. The predicted octanol–water partition coefficient (Wildman–Crippen LogP) is 2.14. The zero-order valence-corrected chi connectivity index (χ0v) is 5.60. The third kappa shape index (κ3) is 1.92. The Labute approximate surface area is 49.9 Å². The lowest BCUT2D eigenvalue weighted by molar-refractivity contribution is -0.0653. The van der Waals surface area contributed by atoms with Gasteiger partial charge in [-0.25, -0.2) is 0 Å². The minimum atomic E-state index is -5.05. The number of rotatable bonds is 1. The Morgan fingerprint density at radius 2 is 1.67 bits per heavy atom. The molecule has 1 unspecified atom stereocenters. The number of halogens is 5. The fraction of sp³-hybridized carbons (Fsp3) is 1.00. The number of alkyl halides is 4. The van der Waals surface area contributed by atoms with Gasteiger partial charge in [-0.3, -0.25) is 4.39 Å². The molecule has 0 aliphatic heterocycles. The molecule has 6 heteroatoms. The van der Waals surface area contributed by atoms with Gasteiger partial charge in [0, 0.05) is 0 Å². The van der Waals surface area contributed by atoms with Crippen molar-refractivity contribution in [1.82, 2.24) is 0 Å². The average Bonchev–Trinajstić information content (AvgIpc) is 1.64. The van der Waals surface area contributed by atoms with Crippen molar-refractivity contribution in [1.29, 1.82) is 0 Å². The third-order valence-corrected chi connectivity index (χ3v) is 2.53. The fourth-order valence-electron chi connectivity index (χ4n) is 0.0758. The van der Waals surface area contributed by atoms with E-state index in [4.69, 9.17) is 0 Å². The first-order valence-corrected chi connectivity index (χ1v) is 4.71. The van der Waals surface area contributed by atoms with Gasteiger partial charge in [-0.05, 0) is 6.55 Å². The molecule has 0 aliphatic rings. The Bertz CT molecular complexity index is 94.9. The van der Waals surface area contributed by atoms with Crippen LogP contribution in [0.1, 0.15) is 0 Å². The van der Waals surface area contributed by atoms with Gasteiger partial charge < -0.3 is 4.11 Å². The van der Waals surface area contributed by atoms with E-state index in [0.29, 0.717) is 6.55 Å². The summed E-state index contributed by atoms with van der Waals surface area (Å²) in [4.78, 5) is 0. The highest BCUT2D eigenvalue weighted by Crippen LogP contribution is 2.29. The van der Waals surface area contributed by atoms with Crippen LogP contribution >= 0.6 is 0 Å². The topological polar surface area (TPSA) is 0 Å². The molecule has 0 aliphatic carbocycles. The van der Waals surface area contributed by atoms with Crippen molar-refractivity contribution < 1.29 is 21.7 Å². The SMILES string of the molecule is C[Si](F)(CF)C(F)(F)F. The normalized spacial score (nSPS) is 19.3. The lowest BCUT2D eigenvalue weighted by Crippen LogP contribution is -2.45. The molecule has 0 radical (unpaired) electrons. The van der Waals surface area contributed by atoms with E-state index in [1.807, 2.05) is 0 Å².